The zero-order valence-corrected chi connectivity index (χ0v) is 18.9. The molecule has 0 radical (unpaired) electrons. The summed E-state index contributed by atoms with van der Waals surface area (Å²) in [5.74, 6) is 2.08. The molecule has 6 nitrogen and oxygen atoms in total. The number of carbonyl (C=O) groups is 1. The fourth-order valence-corrected chi connectivity index (χ4v) is 4.30. The largest absolute Gasteiger partial charge is 0.466 e. The highest BCUT2D eigenvalue weighted by atomic mass is 35.5. The second-order valence-electron chi connectivity index (χ2n) is 8.09. The molecule has 2 aliphatic rings. The van der Waals surface area contributed by atoms with Crippen LogP contribution in [0, 0.1) is 5.41 Å². The SMILES string of the molecule is CCOC(=O)C(C)(CC)[C@H]1CN(C2=Nc3cc(Cl)ccc3Oc3ccccc32)CCN1. The molecular formula is C24H28ClN3O3. The summed E-state index contributed by atoms with van der Waals surface area (Å²) in [6, 6.07) is 13.3. The van der Waals surface area contributed by atoms with Crippen molar-refractivity contribution in [2.45, 2.75) is 33.2 Å². The van der Waals surface area contributed by atoms with Gasteiger partial charge in [0.2, 0.25) is 0 Å². The van der Waals surface area contributed by atoms with Gasteiger partial charge in [0, 0.05) is 30.7 Å². The summed E-state index contributed by atoms with van der Waals surface area (Å²) in [7, 11) is 0. The lowest BCUT2D eigenvalue weighted by Crippen LogP contribution is -2.60. The summed E-state index contributed by atoms with van der Waals surface area (Å²) in [4.78, 5) is 20.0. The van der Waals surface area contributed by atoms with E-state index in [2.05, 4.69) is 10.2 Å². The fraction of sp³-hybridized carbons (Fsp3) is 0.417. The molecule has 2 atom stereocenters. The number of para-hydroxylation sites is 1. The smallest absolute Gasteiger partial charge is 0.313 e. The van der Waals surface area contributed by atoms with Crippen LogP contribution in [0.15, 0.2) is 47.5 Å². The predicted molar refractivity (Wildman–Crippen MR) is 123 cm³/mol. The first-order valence-electron chi connectivity index (χ1n) is 10.8. The summed E-state index contributed by atoms with van der Waals surface area (Å²) in [6.07, 6.45) is 0.682. The van der Waals surface area contributed by atoms with Crippen molar-refractivity contribution in [3.63, 3.8) is 0 Å². The van der Waals surface area contributed by atoms with Crippen molar-refractivity contribution >= 4 is 29.1 Å². The molecule has 1 saturated heterocycles. The number of ether oxygens (including phenoxy) is 2. The fourth-order valence-electron chi connectivity index (χ4n) is 4.14. The van der Waals surface area contributed by atoms with Crippen molar-refractivity contribution in [2.24, 2.45) is 10.4 Å². The maximum absolute atomic E-state index is 12.8. The summed E-state index contributed by atoms with van der Waals surface area (Å²) < 4.78 is 11.6. The van der Waals surface area contributed by atoms with E-state index in [0.717, 1.165) is 30.2 Å². The number of piperazine rings is 1. The lowest BCUT2D eigenvalue weighted by molar-refractivity contribution is -0.157. The highest BCUT2D eigenvalue weighted by molar-refractivity contribution is 6.31. The molecule has 0 aromatic heterocycles. The first-order chi connectivity index (χ1) is 15.0. The van der Waals surface area contributed by atoms with Gasteiger partial charge in [-0.2, -0.15) is 0 Å². The van der Waals surface area contributed by atoms with Crippen LogP contribution in [0.25, 0.3) is 0 Å². The molecular weight excluding hydrogens is 414 g/mol. The summed E-state index contributed by atoms with van der Waals surface area (Å²) in [6.45, 7) is 8.36. The summed E-state index contributed by atoms with van der Waals surface area (Å²) in [5.41, 5.74) is 0.985. The third-order valence-electron chi connectivity index (χ3n) is 6.22. The Labute approximate surface area is 188 Å². The predicted octanol–water partition coefficient (Wildman–Crippen LogP) is 4.78. The van der Waals surface area contributed by atoms with Crippen molar-refractivity contribution in [3.8, 4) is 11.5 Å². The average molecular weight is 442 g/mol. The summed E-state index contributed by atoms with van der Waals surface area (Å²) >= 11 is 6.24. The molecule has 2 aliphatic heterocycles. The lowest BCUT2D eigenvalue weighted by atomic mass is 9.78. The van der Waals surface area contributed by atoms with Gasteiger partial charge in [0.05, 0.1) is 17.6 Å². The molecule has 2 aromatic carbocycles. The minimum absolute atomic E-state index is 0.0665. The van der Waals surface area contributed by atoms with E-state index in [1.807, 2.05) is 57.2 Å². The minimum atomic E-state index is -0.628. The second kappa shape index (κ2) is 8.89. The molecule has 0 aliphatic carbocycles. The van der Waals surface area contributed by atoms with E-state index in [1.165, 1.54) is 0 Å². The van der Waals surface area contributed by atoms with Crippen LogP contribution in [0.2, 0.25) is 5.02 Å². The number of nitrogens with one attached hydrogen (secondary N) is 1. The van der Waals surface area contributed by atoms with Gasteiger partial charge < -0.3 is 19.7 Å². The Morgan fingerprint density at radius 1 is 1.29 bits per heavy atom. The Balaban J connectivity index is 1.72. The molecule has 2 heterocycles. The van der Waals surface area contributed by atoms with Crippen molar-refractivity contribution in [1.29, 1.82) is 0 Å². The quantitative estimate of drug-likeness (QED) is 0.692. The zero-order chi connectivity index (χ0) is 22.0. The Kier molecular flexibility index (Phi) is 6.21. The van der Waals surface area contributed by atoms with Crippen LogP contribution in [0.4, 0.5) is 5.69 Å². The third kappa shape index (κ3) is 4.14. The third-order valence-corrected chi connectivity index (χ3v) is 6.45. The number of fused-ring (bicyclic) bond motifs is 2. The molecule has 1 N–H and O–H groups in total. The molecule has 0 bridgehead atoms. The summed E-state index contributed by atoms with van der Waals surface area (Å²) in [5, 5.41) is 4.14. The van der Waals surface area contributed by atoms with Crippen LogP contribution >= 0.6 is 11.6 Å². The molecule has 1 fully saturated rings. The van der Waals surface area contributed by atoms with E-state index >= 15 is 0 Å². The monoisotopic (exact) mass is 441 g/mol. The minimum Gasteiger partial charge on any atom is -0.466 e. The van der Waals surface area contributed by atoms with E-state index in [0.29, 0.717) is 36.0 Å². The van der Waals surface area contributed by atoms with Crippen LogP contribution < -0.4 is 10.1 Å². The van der Waals surface area contributed by atoms with Gasteiger partial charge in [-0.15, -0.1) is 0 Å². The van der Waals surface area contributed by atoms with E-state index in [-0.39, 0.29) is 12.0 Å². The lowest BCUT2D eigenvalue weighted by Gasteiger charge is -2.43. The Bertz CT molecular complexity index is 1010. The molecule has 4 rings (SSSR count). The van der Waals surface area contributed by atoms with Crippen LogP contribution in [0.5, 0.6) is 11.5 Å². The molecule has 31 heavy (non-hydrogen) atoms. The van der Waals surface area contributed by atoms with Gasteiger partial charge in [0.15, 0.2) is 5.75 Å². The number of halogens is 1. The van der Waals surface area contributed by atoms with Crippen molar-refractivity contribution in [3.05, 3.63) is 53.1 Å². The van der Waals surface area contributed by atoms with Crippen molar-refractivity contribution in [2.75, 3.05) is 26.2 Å². The van der Waals surface area contributed by atoms with Crippen LogP contribution in [-0.4, -0.2) is 49.0 Å². The van der Waals surface area contributed by atoms with Gasteiger partial charge in [-0.25, -0.2) is 4.99 Å². The zero-order valence-electron chi connectivity index (χ0n) is 18.2. The Hall–Kier alpha value is -2.57. The topological polar surface area (TPSA) is 63.2 Å². The number of rotatable bonds is 4. The van der Waals surface area contributed by atoms with Gasteiger partial charge in [0.1, 0.15) is 17.3 Å². The molecule has 0 spiro atoms. The first kappa shape index (κ1) is 21.7. The molecule has 2 aromatic rings. The van der Waals surface area contributed by atoms with E-state index in [9.17, 15) is 4.79 Å². The van der Waals surface area contributed by atoms with Crippen LogP contribution in [0.3, 0.4) is 0 Å². The highest BCUT2D eigenvalue weighted by Crippen LogP contribution is 2.40. The number of hydrogen-bond acceptors (Lipinski definition) is 6. The molecule has 1 unspecified atom stereocenters. The molecule has 0 saturated carbocycles. The normalized spacial score (nSPS) is 19.8. The Morgan fingerprint density at radius 2 is 2.10 bits per heavy atom. The van der Waals surface area contributed by atoms with Gasteiger partial charge in [0.25, 0.3) is 0 Å². The highest BCUT2D eigenvalue weighted by Gasteiger charge is 2.43. The van der Waals surface area contributed by atoms with Gasteiger partial charge in [-0.05, 0) is 50.6 Å². The number of carbonyl (C=O) groups excluding carboxylic acids is 1. The maximum atomic E-state index is 12.8. The first-order valence-corrected chi connectivity index (χ1v) is 11.1. The number of nitrogens with zero attached hydrogens (tertiary/aromatic N) is 2. The number of benzene rings is 2. The number of hydrogen-bond donors (Lipinski definition) is 1. The number of aliphatic imine (C=N–C) groups is 1. The molecule has 164 valence electrons. The van der Waals surface area contributed by atoms with Crippen LogP contribution in [-0.2, 0) is 9.53 Å². The van der Waals surface area contributed by atoms with E-state index in [1.54, 1.807) is 6.07 Å². The molecule has 0 amide bonds. The van der Waals surface area contributed by atoms with Crippen molar-refractivity contribution in [1.82, 2.24) is 10.2 Å². The van der Waals surface area contributed by atoms with E-state index < -0.39 is 5.41 Å². The maximum Gasteiger partial charge on any atom is 0.313 e. The van der Waals surface area contributed by atoms with Gasteiger partial charge in [-0.3, -0.25) is 4.79 Å². The Morgan fingerprint density at radius 3 is 2.87 bits per heavy atom. The van der Waals surface area contributed by atoms with Crippen LogP contribution in [0.1, 0.15) is 32.8 Å². The second-order valence-corrected chi connectivity index (χ2v) is 8.53. The number of amidine groups is 1. The number of esters is 1. The van der Waals surface area contributed by atoms with Crippen molar-refractivity contribution < 1.29 is 14.3 Å². The molecule has 7 heteroatoms. The standard InChI is InChI=1S/C24H28ClN3O3/c1-4-24(3,23(29)30-5-2)21-15-28(13-12-26-21)22-17-8-6-7-9-19(17)31-20-11-10-16(25)14-18(20)27-22/h6-11,14,21,26H,4-5,12-13,15H2,1-3H3/t21-,24?/m1/s1. The van der Waals surface area contributed by atoms with Gasteiger partial charge in [-0.1, -0.05) is 30.7 Å². The van der Waals surface area contributed by atoms with Gasteiger partial charge >= 0.3 is 5.97 Å². The average Bonchev–Trinajstić information content (AvgIpc) is 2.95. The van der Waals surface area contributed by atoms with E-state index in [4.69, 9.17) is 26.1 Å².